The third kappa shape index (κ3) is 3.53. The van der Waals surface area contributed by atoms with Crippen LogP contribution in [0.15, 0.2) is 18.2 Å². The first-order valence-electron chi connectivity index (χ1n) is 7.62. The highest BCUT2D eigenvalue weighted by molar-refractivity contribution is 5.37. The molecule has 1 aromatic carbocycles. The molecule has 0 amide bonds. The molecular formula is C17H27NO2. The Morgan fingerprint density at radius 3 is 2.55 bits per heavy atom. The molecule has 0 saturated heterocycles. The van der Waals surface area contributed by atoms with Gasteiger partial charge >= 0.3 is 0 Å². The average molecular weight is 277 g/mol. The zero-order chi connectivity index (χ0) is 14.5. The zero-order valence-electron chi connectivity index (χ0n) is 13.1. The second-order valence-corrected chi connectivity index (χ2v) is 5.69. The predicted octanol–water partition coefficient (Wildman–Crippen LogP) is 3.47. The minimum Gasteiger partial charge on any atom is -0.497 e. The summed E-state index contributed by atoms with van der Waals surface area (Å²) in [5.74, 6) is 1.62. The van der Waals surface area contributed by atoms with Crippen molar-refractivity contribution in [1.82, 2.24) is 5.32 Å². The largest absolute Gasteiger partial charge is 0.497 e. The van der Waals surface area contributed by atoms with Gasteiger partial charge in [0.1, 0.15) is 5.75 Å². The average Bonchev–Trinajstić information content (AvgIpc) is 3.28. The molecule has 2 unspecified atom stereocenters. The molecule has 0 aliphatic heterocycles. The van der Waals surface area contributed by atoms with E-state index in [0.29, 0.717) is 5.92 Å². The fraction of sp³-hybridized carbons (Fsp3) is 0.647. The van der Waals surface area contributed by atoms with Crippen LogP contribution in [0.1, 0.15) is 43.4 Å². The molecule has 3 heteroatoms. The van der Waals surface area contributed by atoms with E-state index in [1.165, 1.54) is 24.0 Å². The highest BCUT2D eigenvalue weighted by atomic mass is 16.5. The molecule has 1 aliphatic rings. The molecule has 0 aromatic heterocycles. The summed E-state index contributed by atoms with van der Waals surface area (Å²) in [6.45, 7) is 5.37. The first-order valence-corrected chi connectivity index (χ1v) is 7.62. The van der Waals surface area contributed by atoms with Crippen LogP contribution in [0, 0.1) is 12.8 Å². The topological polar surface area (TPSA) is 30.5 Å². The summed E-state index contributed by atoms with van der Waals surface area (Å²) in [4.78, 5) is 0. The third-order valence-corrected chi connectivity index (χ3v) is 4.11. The van der Waals surface area contributed by atoms with Crippen LogP contribution in [0.5, 0.6) is 5.75 Å². The van der Waals surface area contributed by atoms with Crippen LogP contribution in [0.3, 0.4) is 0 Å². The number of hydrogen-bond donors (Lipinski definition) is 1. The molecule has 2 rings (SSSR count). The molecule has 1 saturated carbocycles. The second kappa shape index (κ2) is 7.09. The van der Waals surface area contributed by atoms with Crippen molar-refractivity contribution in [1.29, 1.82) is 0 Å². The van der Waals surface area contributed by atoms with Gasteiger partial charge in [0.05, 0.1) is 19.3 Å². The zero-order valence-corrected chi connectivity index (χ0v) is 13.1. The van der Waals surface area contributed by atoms with Crippen LogP contribution in [0.25, 0.3) is 0 Å². The van der Waals surface area contributed by atoms with Crippen molar-refractivity contribution in [3.8, 4) is 5.75 Å². The summed E-state index contributed by atoms with van der Waals surface area (Å²) in [6.07, 6.45) is 3.98. The lowest BCUT2D eigenvalue weighted by molar-refractivity contribution is 0.0505. The molecule has 2 atom stereocenters. The number of aryl methyl sites for hydroxylation is 1. The molecule has 0 radical (unpaired) electrons. The molecule has 112 valence electrons. The fourth-order valence-electron chi connectivity index (χ4n) is 2.85. The van der Waals surface area contributed by atoms with Crippen LogP contribution < -0.4 is 10.1 Å². The number of ether oxygens (including phenoxy) is 2. The maximum atomic E-state index is 5.81. The summed E-state index contributed by atoms with van der Waals surface area (Å²) in [5.41, 5.74) is 2.60. The van der Waals surface area contributed by atoms with Gasteiger partial charge in [-0.25, -0.2) is 0 Å². The van der Waals surface area contributed by atoms with E-state index >= 15 is 0 Å². The molecular weight excluding hydrogens is 250 g/mol. The van der Waals surface area contributed by atoms with E-state index in [9.17, 15) is 0 Å². The molecule has 1 aromatic rings. The number of nitrogens with one attached hydrogen (secondary N) is 1. The Morgan fingerprint density at radius 1 is 1.30 bits per heavy atom. The first kappa shape index (κ1) is 15.3. The van der Waals surface area contributed by atoms with Crippen molar-refractivity contribution >= 4 is 0 Å². The van der Waals surface area contributed by atoms with Crippen LogP contribution in [0.2, 0.25) is 0 Å². The molecule has 1 N–H and O–H groups in total. The van der Waals surface area contributed by atoms with Gasteiger partial charge < -0.3 is 14.8 Å². The third-order valence-electron chi connectivity index (χ3n) is 4.11. The van der Waals surface area contributed by atoms with Crippen molar-refractivity contribution in [3.63, 3.8) is 0 Å². The summed E-state index contributed by atoms with van der Waals surface area (Å²) in [7, 11) is 3.55. The molecule has 0 spiro atoms. The van der Waals surface area contributed by atoms with Crippen molar-refractivity contribution in [3.05, 3.63) is 29.3 Å². The maximum Gasteiger partial charge on any atom is 0.119 e. The predicted molar refractivity (Wildman–Crippen MR) is 82.3 cm³/mol. The Kier molecular flexibility index (Phi) is 5.44. The Hall–Kier alpha value is -1.06. The quantitative estimate of drug-likeness (QED) is 0.789. The summed E-state index contributed by atoms with van der Waals surface area (Å²) >= 11 is 0. The lowest BCUT2D eigenvalue weighted by atomic mass is 9.94. The summed E-state index contributed by atoms with van der Waals surface area (Å²) in [6, 6.07) is 6.60. The monoisotopic (exact) mass is 277 g/mol. The van der Waals surface area contributed by atoms with Crippen molar-refractivity contribution in [2.24, 2.45) is 5.92 Å². The Bertz CT molecular complexity index is 429. The van der Waals surface area contributed by atoms with Gasteiger partial charge in [-0.3, -0.25) is 0 Å². The van der Waals surface area contributed by atoms with Gasteiger partial charge in [0.2, 0.25) is 0 Å². The standard InChI is InChI=1S/C17H27NO2/c1-5-10-18-16(17(20-4)13-6-7-13)15-9-8-14(19-3)11-12(15)2/h8-9,11,13,16-18H,5-7,10H2,1-4H3. The first-order chi connectivity index (χ1) is 9.71. The van der Waals surface area contributed by atoms with Gasteiger partial charge in [0, 0.05) is 7.11 Å². The normalized spacial score (nSPS) is 17.8. The molecule has 1 aliphatic carbocycles. The van der Waals surface area contributed by atoms with Crippen molar-refractivity contribution in [2.75, 3.05) is 20.8 Å². The minimum atomic E-state index is 0.272. The highest BCUT2D eigenvalue weighted by Crippen LogP contribution is 2.40. The molecule has 20 heavy (non-hydrogen) atoms. The molecule has 0 heterocycles. The van der Waals surface area contributed by atoms with Crippen molar-refractivity contribution < 1.29 is 9.47 Å². The van der Waals surface area contributed by atoms with E-state index in [1.807, 2.05) is 13.2 Å². The van der Waals surface area contributed by atoms with Gasteiger partial charge in [-0.05, 0) is 61.9 Å². The Balaban J connectivity index is 2.24. The number of methoxy groups -OCH3 is 2. The summed E-state index contributed by atoms with van der Waals surface area (Å²) in [5, 5.41) is 3.67. The maximum absolute atomic E-state index is 5.81. The Labute approximate surface area is 122 Å². The lowest BCUT2D eigenvalue weighted by Crippen LogP contribution is -2.35. The van der Waals surface area contributed by atoms with E-state index in [-0.39, 0.29) is 12.1 Å². The van der Waals surface area contributed by atoms with Crippen LogP contribution in [-0.2, 0) is 4.74 Å². The van der Waals surface area contributed by atoms with Crippen molar-refractivity contribution in [2.45, 2.75) is 45.3 Å². The number of benzene rings is 1. The van der Waals surface area contributed by atoms with E-state index < -0.39 is 0 Å². The van der Waals surface area contributed by atoms with Gasteiger partial charge in [-0.2, -0.15) is 0 Å². The molecule has 3 nitrogen and oxygen atoms in total. The molecule has 0 bridgehead atoms. The Morgan fingerprint density at radius 2 is 2.05 bits per heavy atom. The van der Waals surface area contributed by atoms with E-state index in [2.05, 4.69) is 31.3 Å². The fourth-order valence-corrected chi connectivity index (χ4v) is 2.85. The second-order valence-electron chi connectivity index (χ2n) is 5.69. The smallest absolute Gasteiger partial charge is 0.119 e. The van der Waals surface area contributed by atoms with Gasteiger partial charge in [0.25, 0.3) is 0 Å². The molecule has 1 fully saturated rings. The number of rotatable bonds is 8. The summed E-state index contributed by atoms with van der Waals surface area (Å²) < 4.78 is 11.1. The SMILES string of the molecule is CCCNC(c1ccc(OC)cc1C)C(OC)C1CC1. The lowest BCUT2D eigenvalue weighted by Gasteiger charge is -2.29. The highest BCUT2D eigenvalue weighted by Gasteiger charge is 2.37. The van der Waals surface area contributed by atoms with Crippen LogP contribution in [-0.4, -0.2) is 26.9 Å². The van der Waals surface area contributed by atoms with Crippen LogP contribution >= 0.6 is 0 Å². The van der Waals surface area contributed by atoms with Gasteiger partial charge in [-0.1, -0.05) is 13.0 Å². The van der Waals surface area contributed by atoms with E-state index in [1.54, 1.807) is 7.11 Å². The van der Waals surface area contributed by atoms with Crippen LogP contribution in [0.4, 0.5) is 0 Å². The van der Waals surface area contributed by atoms with E-state index in [0.717, 1.165) is 18.7 Å². The van der Waals surface area contributed by atoms with Gasteiger partial charge in [-0.15, -0.1) is 0 Å². The van der Waals surface area contributed by atoms with E-state index in [4.69, 9.17) is 9.47 Å². The minimum absolute atomic E-state index is 0.272. The van der Waals surface area contributed by atoms with Gasteiger partial charge in [0.15, 0.2) is 0 Å². The number of hydrogen-bond acceptors (Lipinski definition) is 3.